The fourth-order valence-corrected chi connectivity index (χ4v) is 2.80. The number of thioether (sulfide) groups is 1. The molecule has 0 amide bonds. The van der Waals surface area contributed by atoms with Gasteiger partial charge in [0.2, 0.25) is 0 Å². The number of hydrogen-bond donors (Lipinski definition) is 4. The first-order chi connectivity index (χ1) is 9.67. The normalized spacial score (nSPS) is 30.2. The van der Waals surface area contributed by atoms with Gasteiger partial charge in [-0.3, -0.25) is 5.10 Å². The lowest BCUT2D eigenvalue weighted by atomic mass is 10.1. The summed E-state index contributed by atoms with van der Waals surface area (Å²) in [7, 11) is 0. The molecule has 20 heavy (non-hydrogen) atoms. The zero-order valence-corrected chi connectivity index (χ0v) is 11.4. The van der Waals surface area contributed by atoms with Crippen molar-refractivity contribution in [1.82, 2.24) is 20.2 Å². The van der Waals surface area contributed by atoms with E-state index in [-0.39, 0.29) is 6.61 Å². The Bertz CT molecular complexity index is 621. The standard InChI is InChI=1S/C11H14N4O4S/c1-20-11-7-5(12-3-13-11)6(14-15-7)10-9(18)8(17)4(2-16)19-10/h3-4,8-10,16-18H,2H2,1H3,(H,14,15)/t4-,8-,9-,10+/m1/s1. The highest BCUT2D eigenvalue weighted by molar-refractivity contribution is 7.98. The van der Waals surface area contributed by atoms with E-state index in [1.807, 2.05) is 6.26 Å². The number of nitrogens with zero attached hydrogens (tertiary/aromatic N) is 3. The molecule has 3 rings (SSSR count). The molecule has 4 N–H and O–H groups in total. The summed E-state index contributed by atoms with van der Waals surface area (Å²) >= 11 is 1.43. The first kappa shape index (κ1) is 13.7. The van der Waals surface area contributed by atoms with E-state index in [4.69, 9.17) is 9.84 Å². The molecule has 2 aromatic rings. The number of nitrogens with one attached hydrogen (secondary N) is 1. The molecule has 3 heterocycles. The van der Waals surface area contributed by atoms with Crippen molar-refractivity contribution in [2.24, 2.45) is 0 Å². The Morgan fingerprint density at radius 3 is 2.75 bits per heavy atom. The Kier molecular flexibility index (Phi) is 3.61. The smallest absolute Gasteiger partial charge is 0.143 e. The first-order valence-electron chi connectivity index (χ1n) is 6.02. The molecule has 1 aliphatic heterocycles. The summed E-state index contributed by atoms with van der Waals surface area (Å²) in [4.78, 5) is 8.26. The molecule has 0 unspecified atom stereocenters. The second kappa shape index (κ2) is 5.26. The van der Waals surface area contributed by atoms with Crippen LogP contribution in [0, 0.1) is 0 Å². The summed E-state index contributed by atoms with van der Waals surface area (Å²) in [6, 6.07) is 0. The molecular weight excluding hydrogens is 284 g/mol. The zero-order chi connectivity index (χ0) is 14.3. The summed E-state index contributed by atoms with van der Waals surface area (Å²) in [6.45, 7) is -0.369. The fourth-order valence-electron chi connectivity index (χ4n) is 2.32. The average molecular weight is 298 g/mol. The van der Waals surface area contributed by atoms with Crippen LogP contribution >= 0.6 is 11.8 Å². The number of aromatic amines is 1. The van der Waals surface area contributed by atoms with Gasteiger partial charge in [0.05, 0.1) is 12.3 Å². The van der Waals surface area contributed by atoms with Crippen LogP contribution in [0.5, 0.6) is 0 Å². The Balaban J connectivity index is 2.03. The lowest BCUT2D eigenvalue weighted by molar-refractivity contribution is -0.0236. The van der Waals surface area contributed by atoms with E-state index in [9.17, 15) is 10.2 Å². The van der Waals surface area contributed by atoms with Crippen LogP contribution in [-0.2, 0) is 4.74 Å². The van der Waals surface area contributed by atoms with Gasteiger partial charge in [-0.25, -0.2) is 9.97 Å². The second-order valence-corrected chi connectivity index (χ2v) is 5.27. The van der Waals surface area contributed by atoms with E-state index >= 15 is 0 Å². The lowest BCUT2D eigenvalue weighted by Gasteiger charge is -2.12. The Morgan fingerprint density at radius 2 is 2.10 bits per heavy atom. The molecular formula is C11H14N4O4S. The third kappa shape index (κ3) is 1.98. The summed E-state index contributed by atoms with van der Waals surface area (Å²) in [5, 5.41) is 36.6. The number of aliphatic hydroxyl groups excluding tert-OH is 3. The van der Waals surface area contributed by atoms with Crippen molar-refractivity contribution in [2.45, 2.75) is 29.4 Å². The molecule has 8 nitrogen and oxygen atoms in total. The van der Waals surface area contributed by atoms with E-state index < -0.39 is 24.4 Å². The minimum absolute atomic E-state index is 0.369. The van der Waals surface area contributed by atoms with Gasteiger partial charge in [-0.1, -0.05) is 0 Å². The van der Waals surface area contributed by atoms with Gasteiger partial charge in [0.1, 0.15) is 46.8 Å². The van der Waals surface area contributed by atoms with Crippen molar-refractivity contribution < 1.29 is 20.1 Å². The zero-order valence-electron chi connectivity index (χ0n) is 10.6. The molecule has 9 heteroatoms. The summed E-state index contributed by atoms with van der Waals surface area (Å²) in [6.07, 6.45) is -0.641. The van der Waals surface area contributed by atoms with Crippen LogP contribution in [0.15, 0.2) is 11.4 Å². The number of hydrogen-bond acceptors (Lipinski definition) is 8. The molecule has 0 spiro atoms. The number of ether oxygens (including phenoxy) is 1. The number of aliphatic hydroxyl groups is 3. The van der Waals surface area contributed by atoms with Gasteiger partial charge in [0.15, 0.2) is 0 Å². The maximum absolute atomic E-state index is 10.0. The molecule has 1 aliphatic rings. The van der Waals surface area contributed by atoms with Crippen LogP contribution in [0.25, 0.3) is 11.0 Å². The van der Waals surface area contributed by atoms with Crippen molar-refractivity contribution in [2.75, 3.05) is 12.9 Å². The molecule has 108 valence electrons. The van der Waals surface area contributed by atoms with E-state index in [0.29, 0.717) is 21.8 Å². The molecule has 0 radical (unpaired) electrons. The van der Waals surface area contributed by atoms with E-state index in [2.05, 4.69) is 20.2 Å². The number of rotatable bonds is 3. The van der Waals surface area contributed by atoms with Crippen LogP contribution < -0.4 is 0 Å². The van der Waals surface area contributed by atoms with Gasteiger partial charge in [0, 0.05) is 0 Å². The number of H-pyrrole nitrogens is 1. The third-order valence-corrected chi connectivity index (χ3v) is 4.04. The number of aromatic nitrogens is 4. The molecule has 2 aromatic heterocycles. The molecule has 4 atom stereocenters. The molecule has 0 aliphatic carbocycles. The van der Waals surface area contributed by atoms with Crippen molar-refractivity contribution in [3.05, 3.63) is 12.0 Å². The molecule has 1 saturated heterocycles. The highest BCUT2D eigenvalue weighted by Gasteiger charge is 2.44. The van der Waals surface area contributed by atoms with Crippen LogP contribution in [0.4, 0.5) is 0 Å². The Morgan fingerprint density at radius 1 is 1.30 bits per heavy atom. The summed E-state index contributed by atoms with van der Waals surface area (Å²) < 4.78 is 5.47. The largest absolute Gasteiger partial charge is 0.394 e. The van der Waals surface area contributed by atoms with E-state index in [0.717, 1.165) is 0 Å². The predicted molar refractivity (Wildman–Crippen MR) is 70.2 cm³/mol. The monoisotopic (exact) mass is 298 g/mol. The minimum atomic E-state index is -1.15. The quantitative estimate of drug-likeness (QED) is 0.430. The Hall–Kier alpha value is -1.26. The van der Waals surface area contributed by atoms with Gasteiger partial charge in [-0.05, 0) is 6.26 Å². The van der Waals surface area contributed by atoms with Gasteiger partial charge < -0.3 is 20.1 Å². The van der Waals surface area contributed by atoms with Crippen LogP contribution in [0.3, 0.4) is 0 Å². The minimum Gasteiger partial charge on any atom is -0.394 e. The van der Waals surface area contributed by atoms with Crippen LogP contribution in [0.2, 0.25) is 0 Å². The third-order valence-electron chi connectivity index (χ3n) is 3.35. The molecule has 0 bridgehead atoms. The van der Waals surface area contributed by atoms with Crippen molar-refractivity contribution in [3.63, 3.8) is 0 Å². The van der Waals surface area contributed by atoms with Crippen LogP contribution in [0.1, 0.15) is 11.8 Å². The fraction of sp³-hybridized carbons (Fsp3) is 0.545. The van der Waals surface area contributed by atoms with E-state index in [1.165, 1.54) is 18.1 Å². The SMILES string of the molecule is CSc1ncnc2c([C@@H]3O[C@H](CO)[C@@H](O)[C@H]3O)[nH]nc12. The topological polar surface area (TPSA) is 124 Å². The predicted octanol–water partition coefficient (Wildman–Crippen LogP) is -0.771. The van der Waals surface area contributed by atoms with E-state index in [1.54, 1.807) is 0 Å². The maximum Gasteiger partial charge on any atom is 0.143 e. The first-order valence-corrected chi connectivity index (χ1v) is 7.25. The summed E-state index contributed by atoms with van der Waals surface area (Å²) in [5.74, 6) is 0. The average Bonchev–Trinajstić information content (AvgIpc) is 3.01. The molecule has 0 saturated carbocycles. The van der Waals surface area contributed by atoms with Gasteiger partial charge in [-0.15, -0.1) is 11.8 Å². The van der Waals surface area contributed by atoms with Crippen molar-refractivity contribution >= 4 is 22.8 Å². The van der Waals surface area contributed by atoms with Gasteiger partial charge >= 0.3 is 0 Å². The van der Waals surface area contributed by atoms with Crippen molar-refractivity contribution in [3.8, 4) is 0 Å². The number of fused-ring (bicyclic) bond motifs is 1. The maximum atomic E-state index is 10.0. The van der Waals surface area contributed by atoms with Gasteiger partial charge in [-0.2, -0.15) is 5.10 Å². The summed E-state index contributed by atoms with van der Waals surface area (Å²) in [5.41, 5.74) is 1.60. The molecule has 0 aromatic carbocycles. The van der Waals surface area contributed by atoms with Crippen molar-refractivity contribution in [1.29, 1.82) is 0 Å². The second-order valence-electron chi connectivity index (χ2n) is 4.48. The lowest BCUT2D eigenvalue weighted by Crippen LogP contribution is -2.32. The highest BCUT2D eigenvalue weighted by atomic mass is 32.2. The highest BCUT2D eigenvalue weighted by Crippen LogP contribution is 2.36. The van der Waals surface area contributed by atoms with Crippen LogP contribution in [-0.4, -0.2) is 66.7 Å². The Labute approximate surface area is 118 Å². The van der Waals surface area contributed by atoms with Gasteiger partial charge in [0.25, 0.3) is 0 Å². The molecule has 1 fully saturated rings.